The third kappa shape index (κ3) is 3.02. The van der Waals surface area contributed by atoms with Gasteiger partial charge >= 0.3 is 7.60 Å². The van der Waals surface area contributed by atoms with Crippen LogP contribution in [-0.2, 0) is 15.8 Å². The van der Waals surface area contributed by atoms with Gasteiger partial charge in [-0.1, -0.05) is 0 Å². The third-order valence-corrected chi connectivity index (χ3v) is 2.30. The lowest BCUT2D eigenvalue weighted by atomic mass is 10.5. The van der Waals surface area contributed by atoms with Gasteiger partial charge in [0.2, 0.25) is 0 Å². The van der Waals surface area contributed by atoms with Crippen molar-refractivity contribution in [2.45, 2.75) is 6.50 Å². The van der Waals surface area contributed by atoms with Crippen molar-refractivity contribution >= 4 is 24.6 Å². The second-order valence-electron chi connectivity index (χ2n) is 3.20. The molecule has 2 aromatic heterocycles. The van der Waals surface area contributed by atoms with Crippen molar-refractivity contribution in [2.24, 2.45) is 0 Å². The van der Waals surface area contributed by atoms with Crippen LogP contribution in [0.5, 0.6) is 0 Å². The normalized spacial score (nSPS) is 17.0. The van der Waals surface area contributed by atoms with Gasteiger partial charge in [0.1, 0.15) is 18.2 Å². The molecule has 0 atom stereocenters. The molecule has 2 heterocycles. The molecule has 18 heavy (non-hydrogen) atoms. The van der Waals surface area contributed by atoms with E-state index in [-0.39, 0.29) is 17.0 Å². The molecule has 0 saturated carbocycles. The second kappa shape index (κ2) is 4.99. The van der Waals surface area contributed by atoms with Gasteiger partial charge in [-0.15, -0.1) is 0 Å². The molecule has 0 aliphatic heterocycles. The zero-order chi connectivity index (χ0) is 16.8. The van der Waals surface area contributed by atoms with Gasteiger partial charge in [-0.3, -0.25) is 4.57 Å². The van der Waals surface area contributed by atoms with Crippen molar-refractivity contribution in [3.8, 4) is 0 Å². The maximum atomic E-state index is 10.8. The fraction of sp³-hybridized carbons (Fsp3) is 0.375. The first-order valence-electron chi connectivity index (χ1n) is 6.58. The summed E-state index contributed by atoms with van der Waals surface area (Å²) in [4.78, 5) is 28.7. The van der Waals surface area contributed by atoms with Gasteiger partial charge < -0.3 is 24.8 Å². The Kier molecular flexibility index (Phi) is 2.37. The van der Waals surface area contributed by atoms with E-state index in [0.29, 0.717) is 0 Å². The van der Waals surface area contributed by atoms with Gasteiger partial charge in [0.25, 0.3) is 0 Å². The summed E-state index contributed by atoms with van der Waals surface area (Å²) < 4.78 is 46.9. The van der Waals surface area contributed by atoms with Crippen molar-refractivity contribution < 1.29 is 24.6 Å². The van der Waals surface area contributed by atoms with E-state index in [1.54, 1.807) is 0 Å². The lowest BCUT2D eigenvalue weighted by Crippen LogP contribution is -2.07. The minimum Gasteiger partial charge on any atom is -0.382 e. The average molecular weight is 277 g/mol. The van der Waals surface area contributed by atoms with Crippen molar-refractivity contribution in [1.29, 1.82) is 0 Å². The monoisotopic (exact) mass is 277 g/mol. The van der Waals surface area contributed by atoms with E-state index < -0.39 is 27.0 Å². The molecule has 0 spiro atoms. The topological polar surface area (TPSA) is 136 Å². The fourth-order valence-corrected chi connectivity index (χ4v) is 1.37. The highest BCUT2D eigenvalue weighted by Crippen LogP contribution is 2.33. The summed E-state index contributed by atoms with van der Waals surface area (Å²) in [6.07, 6.45) is 0.732. The minimum atomic E-state index is -4.66. The first-order valence-corrected chi connectivity index (χ1v) is 6.38. The smallest absolute Gasteiger partial charge is 0.350 e. The molecule has 0 bridgehead atoms. The Balaban J connectivity index is 2.43. The molecule has 98 valence electrons. The Morgan fingerprint density at radius 1 is 1.50 bits per heavy atom. The standard InChI is InChI=1S/C8H12N5O4P/c9-7-6-8(11-3-10-7)13(4-12-6)1-2-17-5-18(14,15)16/h3-4H,1-2,5H2,(H2,9,10,11)(H2,14,15,16)/i1D2,2D2. The maximum Gasteiger partial charge on any atom is 0.350 e. The summed E-state index contributed by atoms with van der Waals surface area (Å²) in [5.41, 5.74) is 5.54. The molecule has 0 aliphatic rings. The fourth-order valence-electron chi connectivity index (χ4n) is 1.13. The number of fused-ring (bicyclic) bond motifs is 1. The van der Waals surface area contributed by atoms with E-state index in [1.165, 1.54) is 0 Å². The Hall–Kier alpha value is -1.54. The van der Waals surface area contributed by atoms with E-state index in [4.69, 9.17) is 21.0 Å². The molecule has 0 aromatic carbocycles. The van der Waals surface area contributed by atoms with Crippen LogP contribution in [0.1, 0.15) is 5.48 Å². The van der Waals surface area contributed by atoms with Crippen LogP contribution in [0.4, 0.5) is 5.82 Å². The van der Waals surface area contributed by atoms with Crippen LogP contribution in [0, 0.1) is 0 Å². The molecule has 2 rings (SSSR count). The van der Waals surface area contributed by atoms with Gasteiger partial charge in [0, 0.05) is 6.50 Å². The number of aryl methyl sites for hydroxylation is 1. The molecule has 9 nitrogen and oxygen atoms in total. The summed E-state index contributed by atoms with van der Waals surface area (Å²) in [6.45, 7) is -5.93. The van der Waals surface area contributed by atoms with Gasteiger partial charge in [0.15, 0.2) is 11.5 Å². The van der Waals surface area contributed by atoms with Crippen molar-refractivity contribution in [3.63, 3.8) is 0 Å². The molecule has 0 amide bonds. The van der Waals surface area contributed by atoms with Gasteiger partial charge in [-0.05, 0) is 0 Å². The highest BCUT2D eigenvalue weighted by molar-refractivity contribution is 7.51. The van der Waals surface area contributed by atoms with E-state index in [2.05, 4.69) is 19.7 Å². The molecular weight excluding hydrogens is 261 g/mol. The largest absolute Gasteiger partial charge is 0.382 e. The molecule has 10 heteroatoms. The van der Waals surface area contributed by atoms with Crippen molar-refractivity contribution in [3.05, 3.63) is 12.7 Å². The van der Waals surface area contributed by atoms with Gasteiger partial charge in [-0.25, -0.2) is 15.0 Å². The number of nitrogens with two attached hydrogens (primary N) is 1. The first-order chi connectivity index (χ1) is 9.96. The van der Waals surface area contributed by atoms with E-state index in [0.717, 1.165) is 17.2 Å². The van der Waals surface area contributed by atoms with Gasteiger partial charge in [0.05, 0.1) is 18.4 Å². The summed E-state index contributed by atoms with van der Waals surface area (Å²) in [5, 5.41) is 0. The molecule has 0 saturated heterocycles. The van der Waals surface area contributed by atoms with E-state index in [9.17, 15) is 4.57 Å². The van der Waals surface area contributed by atoms with Crippen LogP contribution in [0.3, 0.4) is 0 Å². The van der Waals surface area contributed by atoms with Crippen LogP contribution >= 0.6 is 7.60 Å². The molecule has 0 aliphatic carbocycles. The summed E-state index contributed by atoms with van der Waals surface area (Å²) in [5.74, 6) is -0.0174. The Morgan fingerprint density at radius 2 is 2.28 bits per heavy atom. The number of nitrogens with zero attached hydrogens (tertiary/aromatic N) is 4. The lowest BCUT2D eigenvalue weighted by molar-refractivity contribution is 0.149. The highest BCUT2D eigenvalue weighted by Gasteiger charge is 2.13. The number of imidazole rings is 1. The third-order valence-electron chi connectivity index (χ3n) is 1.83. The molecule has 4 N–H and O–H groups in total. The van der Waals surface area contributed by atoms with Crippen LogP contribution in [0.25, 0.3) is 11.2 Å². The summed E-state index contributed by atoms with van der Waals surface area (Å²) >= 11 is 0. The number of hydrogen-bond acceptors (Lipinski definition) is 6. The molecular formula is C8H12N5O4P. The molecule has 0 fully saturated rings. The number of aromatic nitrogens is 4. The molecule has 0 radical (unpaired) electrons. The molecule has 0 unspecified atom stereocenters. The number of hydrogen-bond donors (Lipinski definition) is 3. The SMILES string of the molecule is [2H]C([2H])(OCP(=O)(O)O)C([2H])([2H])n1cnc2c(N)ncnc21. The average Bonchev–Trinajstić information content (AvgIpc) is 2.81. The maximum absolute atomic E-state index is 10.8. The Bertz CT molecular complexity index is 747. The van der Waals surface area contributed by atoms with Crippen LogP contribution < -0.4 is 5.73 Å². The predicted molar refractivity (Wildman–Crippen MR) is 62.6 cm³/mol. The number of ether oxygens (including phenoxy) is 1. The van der Waals surface area contributed by atoms with Gasteiger partial charge in [-0.2, -0.15) is 0 Å². The first kappa shape index (κ1) is 8.54. The number of rotatable bonds is 5. The van der Waals surface area contributed by atoms with E-state index >= 15 is 0 Å². The van der Waals surface area contributed by atoms with Crippen LogP contribution in [0.2, 0.25) is 0 Å². The van der Waals surface area contributed by atoms with E-state index in [1.807, 2.05) is 0 Å². The van der Waals surface area contributed by atoms with Crippen LogP contribution in [-0.4, -0.2) is 42.2 Å². The molecule has 2 aromatic rings. The predicted octanol–water partition coefficient (Wildman–Crippen LogP) is -0.440. The lowest BCUT2D eigenvalue weighted by Gasteiger charge is -2.06. The Morgan fingerprint density at radius 3 is 3.00 bits per heavy atom. The van der Waals surface area contributed by atoms with Crippen LogP contribution in [0.15, 0.2) is 12.7 Å². The summed E-state index contributed by atoms with van der Waals surface area (Å²) in [6, 6.07) is 0. The Labute approximate surface area is 107 Å². The summed E-state index contributed by atoms with van der Waals surface area (Å²) in [7, 11) is -4.66. The second-order valence-corrected chi connectivity index (χ2v) is 4.79. The minimum absolute atomic E-state index is 0.0174. The van der Waals surface area contributed by atoms with Crippen molar-refractivity contribution in [1.82, 2.24) is 19.5 Å². The number of nitrogen functional groups attached to an aromatic ring is 1. The quantitative estimate of drug-likeness (QED) is 0.625. The zero-order valence-corrected chi connectivity index (χ0v) is 9.78. The van der Waals surface area contributed by atoms with Crippen molar-refractivity contribution in [2.75, 3.05) is 18.6 Å². The number of anilines is 1. The highest BCUT2D eigenvalue weighted by atomic mass is 31.2. The zero-order valence-electron chi connectivity index (χ0n) is 12.9.